The number of carbonyl (C=O) groups excluding carboxylic acids is 1. The molecule has 2 aromatic carbocycles. The van der Waals surface area contributed by atoms with Crippen molar-refractivity contribution in [3.8, 4) is 0 Å². The Morgan fingerprint density at radius 1 is 1.19 bits per heavy atom. The summed E-state index contributed by atoms with van der Waals surface area (Å²) in [5, 5.41) is 12.1. The van der Waals surface area contributed by atoms with Crippen LogP contribution in [-0.2, 0) is 33.0 Å². The summed E-state index contributed by atoms with van der Waals surface area (Å²) >= 11 is 0. The highest BCUT2D eigenvalue weighted by Crippen LogP contribution is 2.25. The number of aryl methyl sites for hydroxylation is 1. The van der Waals surface area contributed by atoms with E-state index in [9.17, 15) is 9.18 Å². The van der Waals surface area contributed by atoms with Gasteiger partial charge in [0.1, 0.15) is 5.82 Å². The number of amides is 1. The molecule has 0 spiro atoms. The van der Waals surface area contributed by atoms with Crippen molar-refractivity contribution in [2.45, 2.75) is 38.4 Å². The average Bonchev–Trinajstić information content (AvgIpc) is 3.37. The summed E-state index contributed by atoms with van der Waals surface area (Å²) in [6, 6.07) is 17.1. The minimum atomic E-state index is -0.322. The second-order valence-corrected chi connectivity index (χ2v) is 8.37. The number of benzene rings is 2. The highest BCUT2D eigenvalue weighted by Gasteiger charge is 2.28. The van der Waals surface area contributed by atoms with E-state index < -0.39 is 0 Å². The highest BCUT2D eigenvalue weighted by molar-refractivity contribution is 5.94. The van der Waals surface area contributed by atoms with Crippen LogP contribution in [0.5, 0.6) is 0 Å². The van der Waals surface area contributed by atoms with E-state index in [1.807, 2.05) is 19.2 Å². The summed E-state index contributed by atoms with van der Waals surface area (Å²) < 4.78 is 15.7. The van der Waals surface area contributed by atoms with Crippen LogP contribution in [0.3, 0.4) is 0 Å². The minimum absolute atomic E-state index is 0.138. The predicted molar refractivity (Wildman–Crippen MR) is 122 cm³/mol. The second kappa shape index (κ2) is 8.59. The third-order valence-electron chi connectivity index (χ3n) is 6.23. The van der Waals surface area contributed by atoms with Crippen LogP contribution >= 0.6 is 0 Å². The second-order valence-electron chi connectivity index (χ2n) is 8.37. The van der Waals surface area contributed by atoms with Gasteiger partial charge < -0.3 is 15.6 Å². The maximum Gasteiger partial charge on any atom is 0.272 e. The Kier molecular flexibility index (Phi) is 5.49. The highest BCUT2D eigenvalue weighted by atomic mass is 19.1. The van der Waals surface area contributed by atoms with E-state index in [1.165, 1.54) is 11.5 Å². The van der Waals surface area contributed by atoms with Crippen molar-refractivity contribution in [3.63, 3.8) is 0 Å². The van der Waals surface area contributed by atoms with Gasteiger partial charge >= 0.3 is 0 Å². The lowest BCUT2D eigenvalue weighted by Crippen LogP contribution is -2.35. The first-order valence-electron chi connectivity index (χ1n) is 10.9. The molecule has 164 valence electrons. The number of rotatable bonds is 6. The molecule has 0 aliphatic heterocycles. The lowest BCUT2D eigenvalue weighted by Gasteiger charge is -2.24. The monoisotopic (exact) mass is 431 g/mol. The van der Waals surface area contributed by atoms with Crippen molar-refractivity contribution in [2.75, 3.05) is 0 Å². The summed E-state index contributed by atoms with van der Waals surface area (Å²) in [5.74, 6) is -0.585. The molecular weight excluding hydrogens is 405 g/mol. The Balaban J connectivity index is 1.26. The number of H-pyrrole nitrogens is 1. The van der Waals surface area contributed by atoms with E-state index in [1.54, 1.807) is 22.9 Å². The molecule has 5 rings (SSSR count). The Bertz CT molecular complexity index is 1240. The van der Waals surface area contributed by atoms with Gasteiger partial charge in [0.25, 0.3) is 5.91 Å². The Hall–Kier alpha value is -3.45. The van der Waals surface area contributed by atoms with Gasteiger partial charge in [-0.25, -0.2) is 4.39 Å². The molecule has 0 saturated carbocycles. The van der Waals surface area contributed by atoms with Crippen LogP contribution in [0.25, 0.3) is 10.9 Å². The van der Waals surface area contributed by atoms with Crippen molar-refractivity contribution >= 4 is 16.8 Å². The van der Waals surface area contributed by atoms with Gasteiger partial charge in [-0.2, -0.15) is 5.10 Å². The molecule has 2 heterocycles. The lowest BCUT2D eigenvalue weighted by molar-refractivity contribution is 0.0943. The number of hydrogen-bond donors (Lipinski definition) is 3. The number of nitrogens with one attached hydrogen (secondary N) is 3. The minimum Gasteiger partial charge on any atom is -0.357 e. The van der Waals surface area contributed by atoms with Crippen LogP contribution in [0.15, 0.2) is 54.6 Å². The molecule has 6 nitrogen and oxygen atoms in total. The first-order chi connectivity index (χ1) is 15.6. The first kappa shape index (κ1) is 20.5. The molecule has 1 aliphatic carbocycles. The van der Waals surface area contributed by atoms with Crippen LogP contribution in [0, 0.1) is 5.82 Å². The maximum atomic E-state index is 13.9. The molecule has 2 aromatic heterocycles. The normalized spacial score (nSPS) is 15.6. The van der Waals surface area contributed by atoms with Crippen molar-refractivity contribution < 1.29 is 9.18 Å². The molecular formula is C25H26FN5O. The summed E-state index contributed by atoms with van der Waals surface area (Å²) in [6.07, 6.45) is 2.60. The number of fused-ring (bicyclic) bond motifs is 2. The zero-order chi connectivity index (χ0) is 22.1. The zero-order valence-electron chi connectivity index (χ0n) is 18.0. The van der Waals surface area contributed by atoms with E-state index in [-0.39, 0.29) is 24.3 Å². The molecule has 3 N–H and O–H groups in total. The number of halogens is 1. The number of carbonyl (C=O) groups is 1. The number of para-hydroxylation sites is 1. The summed E-state index contributed by atoms with van der Waals surface area (Å²) in [6.45, 7) is 0.878. The molecule has 4 aromatic rings. The summed E-state index contributed by atoms with van der Waals surface area (Å²) in [4.78, 5) is 16.3. The summed E-state index contributed by atoms with van der Waals surface area (Å²) in [5.41, 5.74) is 5.27. The largest absolute Gasteiger partial charge is 0.357 e. The zero-order valence-corrected chi connectivity index (χ0v) is 18.0. The van der Waals surface area contributed by atoms with Crippen LogP contribution in [0.4, 0.5) is 4.39 Å². The topological polar surface area (TPSA) is 74.7 Å². The molecule has 7 heteroatoms. The fourth-order valence-corrected chi connectivity index (χ4v) is 4.53. The lowest BCUT2D eigenvalue weighted by atomic mass is 9.91. The van der Waals surface area contributed by atoms with Gasteiger partial charge in [-0.1, -0.05) is 36.4 Å². The van der Waals surface area contributed by atoms with Crippen LogP contribution in [0.1, 0.15) is 39.4 Å². The molecule has 1 atom stereocenters. The number of aromatic nitrogens is 3. The molecule has 0 fully saturated rings. The quantitative estimate of drug-likeness (QED) is 0.437. The first-order valence-corrected chi connectivity index (χ1v) is 10.9. The molecule has 0 saturated heterocycles. The molecule has 32 heavy (non-hydrogen) atoms. The van der Waals surface area contributed by atoms with Crippen molar-refractivity contribution in [2.24, 2.45) is 7.05 Å². The fourth-order valence-electron chi connectivity index (χ4n) is 4.53. The molecule has 0 bridgehead atoms. The SMILES string of the molecule is Cn1nc(C(=O)NCc2ccccc2F)c2c1CCC(NCc1cc3ccccc3[nH]1)C2. The van der Waals surface area contributed by atoms with E-state index in [4.69, 9.17) is 0 Å². The van der Waals surface area contributed by atoms with Crippen LogP contribution in [0.2, 0.25) is 0 Å². The molecule has 1 amide bonds. The van der Waals surface area contributed by atoms with Crippen molar-refractivity contribution in [1.82, 2.24) is 25.4 Å². The van der Waals surface area contributed by atoms with Gasteiger partial charge in [0.2, 0.25) is 0 Å². The number of nitrogens with zero attached hydrogens (tertiary/aromatic N) is 2. The van der Waals surface area contributed by atoms with Crippen molar-refractivity contribution in [1.29, 1.82) is 0 Å². The fraction of sp³-hybridized carbons (Fsp3) is 0.280. The van der Waals surface area contributed by atoms with E-state index >= 15 is 0 Å². The number of aromatic amines is 1. The third-order valence-corrected chi connectivity index (χ3v) is 6.23. The maximum absolute atomic E-state index is 13.9. The standard InChI is InChI=1S/C25H26FN5O/c1-31-23-11-10-18(27-15-19-12-16-6-3-5-9-22(16)29-19)13-20(23)24(30-31)25(32)28-14-17-7-2-4-8-21(17)26/h2-9,12,18,27,29H,10-11,13-15H2,1H3,(H,28,32). The Labute approximate surface area is 185 Å². The van der Waals surface area contributed by atoms with Gasteiger partial charge in [-0.05, 0) is 42.8 Å². The smallest absolute Gasteiger partial charge is 0.272 e. The van der Waals surface area contributed by atoms with Gasteiger partial charge in [-0.3, -0.25) is 9.48 Å². The third kappa shape index (κ3) is 4.03. The number of hydrogen-bond acceptors (Lipinski definition) is 3. The predicted octanol–water partition coefficient (Wildman–Crippen LogP) is 3.62. The van der Waals surface area contributed by atoms with Gasteiger partial charge in [0.15, 0.2) is 5.69 Å². The summed E-state index contributed by atoms with van der Waals surface area (Å²) in [7, 11) is 1.88. The average molecular weight is 432 g/mol. The van der Waals surface area contributed by atoms with Crippen molar-refractivity contribution in [3.05, 3.63) is 88.6 Å². The van der Waals surface area contributed by atoms with E-state index in [0.717, 1.165) is 48.3 Å². The van der Waals surface area contributed by atoms with Gasteiger partial charge in [0, 0.05) is 54.2 Å². The van der Waals surface area contributed by atoms with Crippen LogP contribution in [-0.4, -0.2) is 26.7 Å². The van der Waals surface area contributed by atoms with E-state index in [2.05, 4.69) is 38.9 Å². The van der Waals surface area contributed by atoms with Crippen LogP contribution < -0.4 is 10.6 Å². The molecule has 1 unspecified atom stereocenters. The Morgan fingerprint density at radius 3 is 2.84 bits per heavy atom. The van der Waals surface area contributed by atoms with Gasteiger partial charge in [0.05, 0.1) is 0 Å². The molecule has 0 radical (unpaired) electrons. The van der Waals surface area contributed by atoms with Gasteiger partial charge in [-0.15, -0.1) is 0 Å². The van der Waals surface area contributed by atoms with E-state index in [0.29, 0.717) is 11.3 Å². The Morgan fingerprint density at radius 2 is 2.00 bits per heavy atom. The molecule has 1 aliphatic rings.